The van der Waals surface area contributed by atoms with Crippen molar-refractivity contribution in [2.24, 2.45) is 5.10 Å². The van der Waals surface area contributed by atoms with E-state index in [1.807, 2.05) is 24.3 Å². The van der Waals surface area contributed by atoms with Gasteiger partial charge in [-0.25, -0.2) is 15.0 Å². The van der Waals surface area contributed by atoms with Crippen molar-refractivity contribution < 1.29 is 23.9 Å². The van der Waals surface area contributed by atoms with Crippen LogP contribution >= 0.6 is 0 Å². The lowest BCUT2D eigenvalue weighted by molar-refractivity contribution is -0.116. The second-order valence-corrected chi connectivity index (χ2v) is 6.73. The number of nitrogen functional groups attached to an aromatic ring is 1. The predicted molar refractivity (Wildman–Crippen MR) is 115 cm³/mol. The third-order valence-corrected chi connectivity index (χ3v) is 4.65. The molecule has 0 unspecified atom stereocenters. The lowest BCUT2D eigenvalue weighted by atomic mass is 10.0. The number of aromatic amines is 1. The predicted octanol–water partition coefficient (Wildman–Crippen LogP) is 2.45. The van der Waals surface area contributed by atoms with Crippen LogP contribution in [0, 0.1) is 0 Å². The zero-order valence-corrected chi connectivity index (χ0v) is 17.4. The first-order valence-electron chi connectivity index (χ1n) is 9.93. The molecule has 0 saturated heterocycles. The summed E-state index contributed by atoms with van der Waals surface area (Å²) >= 11 is 0. The topological polar surface area (TPSA) is 136 Å². The molecule has 9 heteroatoms. The van der Waals surface area contributed by atoms with Gasteiger partial charge < -0.3 is 20.2 Å². The summed E-state index contributed by atoms with van der Waals surface area (Å²) in [5.74, 6) is -1.73. The average molecular weight is 424 g/mol. The molecule has 4 N–H and O–H groups in total. The van der Waals surface area contributed by atoms with Crippen molar-refractivity contribution >= 4 is 35.3 Å². The van der Waals surface area contributed by atoms with Crippen molar-refractivity contribution in [3.8, 4) is 0 Å². The number of H-pyrrole nitrogens is 1. The summed E-state index contributed by atoms with van der Waals surface area (Å²) in [6, 6.07) is 7.46. The lowest BCUT2D eigenvalue weighted by Gasteiger charge is -2.06. The van der Waals surface area contributed by atoms with Gasteiger partial charge in [0.1, 0.15) is 0 Å². The number of anilines is 1. The Kier molecular flexibility index (Phi) is 6.86. The first kappa shape index (κ1) is 21.8. The molecule has 0 fully saturated rings. The van der Waals surface area contributed by atoms with E-state index in [4.69, 9.17) is 15.2 Å². The Bertz CT molecular complexity index is 1050. The van der Waals surface area contributed by atoms with Crippen LogP contribution in [0.15, 0.2) is 41.1 Å². The number of aromatic nitrogens is 1. The molecule has 2 aromatic rings. The molecule has 0 bridgehead atoms. The van der Waals surface area contributed by atoms with E-state index in [1.54, 1.807) is 13.8 Å². The molecule has 0 radical (unpaired) electrons. The minimum Gasteiger partial charge on any atom is -0.462 e. The SMILES string of the molecule is CCOC(=O)c1c[nH]c(/C=C2/C(=O)NN=C2CCc2ccc(N)cc2)c1C(=O)OCC. The Morgan fingerprint density at radius 1 is 1.06 bits per heavy atom. The highest BCUT2D eigenvalue weighted by atomic mass is 16.5. The maximum Gasteiger partial charge on any atom is 0.341 e. The summed E-state index contributed by atoms with van der Waals surface area (Å²) in [4.78, 5) is 40.0. The number of benzene rings is 1. The molecule has 3 rings (SSSR count). The summed E-state index contributed by atoms with van der Waals surface area (Å²) in [5, 5.41) is 4.11. The molecule has 9 nitrogen and oxygen atoms in total. The van der Waals surface area contributed by atoms with E-state index in [0.29, 0.717) is 29.8 Å². The number of aryl methyl sites for hydroxylation is 1. The van der Waals surface area contributed by atoms with Crippen molar-refractivity contribution in [3.63, 3.8) is 0 Å². The molecular weight excluding hydrogens is 400 g/mol. The van der Waals surface area contributed by atoms with Crippen LogP contribution in [0.5, 0.6) is 0 Å². The van der Waals surface area contributed by atoms with Crippen LogP contribution < -0.4 is 11.2 Å². The van der Waals surface area contributed by atoms with Gasteiger partial charge in [-0.3, -0.25) is 4.79 Å². The van der Waals surface area contributed by atoms with E-state index >= 15 is 0 Å². The van der Waals surface area contributed by atoms with Crippen LogP contribution in [-0.2, 0) is 20.7 Å². The molecule has 31 heavy (non-hydrogen) atoms. The highest BCUT2D eigenvalue weighted by Gasteiger charge is 2.28. The van der Waals surface area contributed by atoms with Crippen LogP contribution in [0.3, 0.4) is 0 Å². The number of hydrogen-bond acceptors (Lipinski definition) is 7. The first-order chi connectivity index (χ1) is 14.9. The van der Waals surface area contributed by atoms with Gasteiger partial charge in [-0.1, -0.05) is 12.1 Å². The Balaban J connectivity index is 1.89. The number of ether oxygens (including phenoxy) is 2. The van der Waals surface area contributed by atoms with Crippen molar-refractivity contribution in [3.05, 3.63) is 58.4 Å². The van der Waals surface area contributed by atoms with Gasteiger partial charge in [-0.2, -0.15) is 5.10 Å². The largest absolute Gasteiger partial charge is 0.462 e. The Labute approximate surface area is 179 Å². The van der Waals surface area contributed by atoms with E-state index in [0.717, 1.165) is 5.56 Å². The highest BCUT2D eigenvalue weighted by molar-refractivity contribution is 6.27. The second kappa shape index (κ2) is 9.75. The van der Waals surface area contributed by atoms with Crippen molar-refractivity contribution in [1.29, 1.82) is 0 Å². The van der Waals surface area contributed by atoms with Crippen molar-refractivity contribution in [2.45, 2.75) is 26.7 Å². The number of nitrogens with zero attached hydrogens (tertiary/aromatic N) is 1. The Morgan fingerprint density at radius 2 is 1.74 bits per heavy atom. The van der Waals surface area contributed by atoms with Gasteiger partial charge in [0.05, 0.1) is 41.3 Å². The molecule has 1 aromatic heterocycles. The molecular formula is C22H24N4O5. The molecule has 1 aliphatic heterocycles. The fraction of sp³-hybridized carbons (Fsp3) is 0.273. The van der Waals surface area contributed by atoms with Crippen LogP contribution in [0.4, 0.5) is 5.69 Å². The van der Waals surface area contributed by atoms with Gasteiger partial charge in [0.2, 0.25) is 0 Å². The summed E-state index contributed by atoms with van der Waals surface area (Å²) in [6.07, 6.45) is 4.01. The number of carbonyl (C=O) groups is 3. The smallest absolute Gasteiger partial charge is 0.341 e. The molecule has 0 spiro atoms. The number of nitrogens with one attached hydrogen (secondary N) is 2. The van der Waals surface area contributed by atoms with Crippen LogP contribution in [0.1, 0.15) is 52.2 Å². The van der Waals surface area contributed by atoms with Gasteiger partial charge in [-0.05, 0) is 50.5 Å². The molecule has 162 valence electrons. The lowest BCUT2D eigenvalue weighted by Crippen LogP contribution is -2.15. The Morgan fingerprint density at radius 3 is 2.42 bits per heavy atom. The number of amides is 1. The summed E-state index contributed by atoms with van der Waals surface area (Å²) in [6.45, 7) is 3.63. The quantitative estimate of drug-likeness (QED) is 0.338. The summed E-state index contributed by atoms with van der Waals surface area (Å²) in [7, 11) is 0. The fourth-order valence-corrected chi connectivity index (χ4v) is 3.15. The van der Waals surface area contributed by atoms with E-state index in [2.05, 4.69) is 15.5 Å². The standard InChI is InChI=1S/C22H24N4O5/c1-3-30-21(28)16-12-24-18(19(16)22(29)31-4-2)11-15-17(25-26-20(15)27)10-7-13-5-8-14(23)9-6-13/h5-6,8-9,11-12,24H,3-4,7,10,23H2,1-2H3,(H,26,27)/b15-11+. The Hall–Kier alpha value is -3.88. The third-order valence-electron chi connectivity index (χ3n) is 4.65. The molecule has 0 atom stereocenters. The first-order valence-corrected chi connectivity index (χ1v) is 9.93. The zero-order chi connectivity index (χ0) is 22.4. The zero-order valence-electron chi connectivity index (χ0n) is 17.4. The minimum absolute atomic E-state index is 0.0189. The van der Waals surface area contributed by atoms with Crippen LogP contribution in [-0.4, -0.2) is 41.8 Å². The van der Waals surface area contributed by atoms with Gasteiger partial charge in [-0.15, -0.1) is 0 Å². The van der Waals surface area contributed by atoms with E-state index in [1.165, 1.54) is 12.3 Å². The summed E-state index contributed by atoms with van der Waals surface area (Å²) < 4.78 is 10.1. The molecule has 1 aromatic carbocycles. The number of hydrogen-bond donors (Lipinski definition) is 3. The number of rotatable bonds is 8. The molecule has 2 heterocycles. The average Bonchev–Trinajstić information content (AvgIpc) is 3.32. The number of nitrogens with two attached hydrogens (primary N) is 1. The third kappa shape index (κ3) is 5.00. The molecule has 0 saturated carbocycles. The van der Waals surface area contributed by atoms with Crippen LogP contribution in [0.2, 0.25) is 0 Å². The maximum atomic E-state index is 12.5. The maximum absolute atomic E-state index is 12.5. The molecule has 1 amide bonds. The second-order valence-electron chi connectivity index (χ2n) is 6.73. The molecule has 0 aliphatic carbocycles. The number of hydrazone groups is 1. The van der Waals surface area contributed by atoms with Gasteiger partial charge >= 0.3 is 11.9 Å². The molecule has 1 aliphatic rings. The fourth-order valence-electron chi connectivity index (χ4n) is 3.15. The van der Waals surface area contributed by atoms with E-state index in [-0.39, 0.29) is 30.0 Å². The highest BCUT2D eigenvalue weighted by Crippen LogP contribution is 2.22. The van der Waals surface area contributed by atoms with Crippen molar-refractivity contribution in [2.75, 3.05) is 18.9 Å². The van der Waals surface area contributed by atoms with Gasteiger partial charge in [0, 0.05) is 11.9 Å². The number of carbonyl (C=O) groups excluding carboxylic acids is 3. The minimum atomic E-state index is -0.683. The van der Waals surface area contributed by atoms with Crippen molar-refractivity contribution in [1.82, 2.24) is 10.4 Å². The van der Waals surface area contributed by atoms with Crippen LogP contribution in [0.25, 0.3) is 6.08 Å². The van der Waals surface area contributed by atoms with E-state index in [9.17, 15) is 14.4 Å². The normalized spacial score (nSPS) is 14.3. The monoisotopic (exact) mass is 424 g/mol. The number of esters is 2. The van der Waals surface area contributed by atoms with E-state index < -0.39 is 17.8 Å². The summed E-state index contributed by atoms with van der Waals surface area (Å²) in [5.41, 5.74) is 11.1. The van der Waals surface area contributed by atoms with Gasteiger partial charge in [0.15, 0.2) is 0 Å². The van der Waals surface area contributed by atoms with Gasteiger partial charge in [0.25, 0.3) is 5.91 Å².